The zero-order chi connectivity index (χ0) is 16.5. The molecule has 0 atom stereocenters. The summed E-state index contributed by atoms with van der Waals surface area (Å²) in [5, 5.41) is 17.9. The van der Waals surface area contributed by atoms with E-state index in [-0.39, 0.29) is 18.0 Å². The van der Waals surface area contributed by atoms with Gasteiger partial charge < -0.3 is 20.6 Å². The standard InChI is InChI=1S/C14H19Br2N3O3/c1-17-4-3-5-18-14(20)12(19-21)8-9-6-10(15)13(22-2)11(16)7-9/h6-7,17,21H,3-5,8H2,1-2H3,(H,18,20). The van der Waals surface area contributed by atoms with Gasteiger partial charge in [-0.3, -0.25) is 4.79 Å². The van der Waals surface area contributed by atoms with Gasteiger partial charge >= 0.3 is 0 Å². The van der Waals surface area contributed by atoms with Crippen molar-refractivity contribution < 1.29 is 14.7 Å². The summed E-state index contributed by atoms with van der Waals surface area (Å²) in [5.74, 6) is 0.296. The molecular formula is C14H19Br2N3O3. The van der Waals surface area contributed by atoms with Crippen molar-refractivity contribution in [3.63, 3.8) is 0 Å². The highest BCUT2D eigenvalue weighted by molar-refractivity contribution is 9.11. The Morgan fingerprint density at radius 3 is 2.45 bits per heavy atom. The van der Waals surface area contributed by atoms with Crippen molar-refractivity contribution in [2.24, 2.45) is 5.16 Å². The molecule has 0 aliphatic heterocycles. The van der Waals surface area contributed by atoms with Crippen LogP contribution in [0.3, 0.4) is 0 Å². The molecule has 1 rings (SSSR count). The summed E-state index contributed by atoms with van der Waals surface area (Å²) in [6.07, 6.45) is 1.02. The Bertz CT molecular complexity index is 527. The first-order chi connectivity index (χ1) is 10.5. The third-order valence-electron chi connectivity index (χ3n) is 2.91. The molecule has 0 aliphatic carbocycles. The van der Waals surface area contributed by atoms with Crippen molar-refractivity contribution in [3.8, 4) is 5.75 Å². The Morgan fingerprint density at radius 1 is 1.32 bits per heavy atom. The fourth-order valence-corrected chi connectivity index (χ4v) is 3.44. The molecule has 0 aliphatic rings. The van der Waals surface area contributed by atoms with Crippen LogP contribution in [0.1, 0.15) is 12.0 Å². The van der Waals surface area contributed by atoms with Crippen LogP contribution in [-0.4, -0.2) is 44.1 Å². The van der Waals surface area contributed by atoms with Gasteiger partial charge in [-0.1, -0.05) is 5.16 Å². The van der Waals surface area contributed by atoms with E-state index in [2.05, 4.69) is 47.6 Å². The molecule has 3 N–H and O–H groups in total. The Hall–Kier alpha value is -1.12. The number of amides is 1. The molecule has 22 heavy (non-hydrogen) atoms. The van der Waals surface area contributed by atoms with Gasteiger partial charge in [0.2, 0.25) is 0 Å². The van der Waals surface area contributed by atoms with Gasteiger partial charge in [0, 0.05) is 13.0 Å². The lowest BCUT2D eigenvalue weighted by Crippen LogP contribution is -2.34. The maximum Gasteiger partial charge on any atom is 0.269 e. The maximum atomic E-state index is 12.0. The molecule has 0 saturated heterocycles. The van der Waals surface area contributed by atoms with E-state index in [4.69, 9.17) is 9.94 Å². The molecule has 0 bridgehead atoms. The first kappa shape index (κ1) is 18.9. The number of rotatable bonds is 8. The molecule has 0 heterocycles. The van der Waals surface area contributed by atoms with E-state index in [1.165, 1.54) is 0 Å². The van der Waals surface area contributed by atoms with Crippen LogP contribution in [0.4, 0.5) is 0 Å². The molecular weight excluding hydrogens is 418 g/mol. The largest absolute Gasteiger partial charge is 0.494 e. The summed E-state index contributed by atoms with van der Waals surface area (Å²) >= 11 is 6.80. The number of hydrogen-bond acceptors (Lipinski definition) is 5. The van der Waals surface area contributed by atoms with Gasteiger partial charge in [-0.2, -0.15) is 0 Å². The Balaban J connectivity index is 2.72. The number of oxime groups is 1. The summed E-state index contributed by atoms with van der Waals surface area (Å²) in [6.45, 7) is 1.33. The van der Waals surface area contributed by atoms with Crippen LogP contribution in [0.25, 0.3) is 0 Å². The zero-order valence-electron chi connectivity index (χ0n) is 12.4. The van der Waals surface area contributed by atoms with Crippen LogP contribution < -0.4 is 15.4 Å². The van der Waals surface area contributed by atoms with Crippen LogP contribution in [0, 0.1) is 0 Å². The van der Waals surface area contributed by atoms with E-state index in [1.807, 2.05) is 19.2 Å². The van der Waals surface area contributed by atoms with Crippen molar-refractivity contribution in [3.05, 3.63) is 26.6 Å². The van der Waals surface area contributed by atoms with Gasteiger partial charge in [-0.15, -0.1) is 0 Å². The van der Waals surface area contributed by atoms with E-state index in [0.717, 1.165) is 27.5 Å². The molecule has 8 heteroatoms. The molecule has 0 fully saturated rings. The topological polar surface area (TPSA) is 83.0 Å². The van der Waals surface area contributed by atoms with Crippen LogP contribution >= 0.6 is 31.9 Å². The Morgan fingerprint density at radius 2 is 1.95 bits per heavy atom. The molecule has 122 valence electrons. The van der Waals surface area contributed by atoms with Gasteiger partial charge in [0.1, 0.15) is 11.5 Å². The maximum absolute atomic E-state index is 12.0. The fraction of sp³-hybridized carbons (Fsp3) is 0.429. The van der Waals surface area contributed by atoms with E-state index >= 15 is 0 Å². The number of carbonyl (C=O) groups excluding carboxylic acids is 1. The minimum atomic E-state index is -0.373. The predicted octanol–water partition coefficient (Wildman–Crippen LogP) is 2.32. The van der Waals surface area contributed by atoms with Gasteiger partial charge in [0.05, 0.1) is 16.1 Å². The lowest BCUT2D eigenvalue weighted by Gasteiger charge is -2.10. The Labute approximate surface area is 146 Å². The second kappa shape index (κ2) is 9.81. The number of carbonyl (C=O) groups is 1. The first-order valence-corrected chi connectivity index (χ1v) is 8.27. The summed E-state index contributed by atoms with van der Waals surface area (Å²) < 4.78 is 6.74. The molecule has 1 amide bonds. The molecule has 0 spiro atoms. The predicted molar refractivity (Wildman–Crippen MR) is 92.9 cm³/mol. The highest BCUT2D eigenvalue weighted by Gasteiger charge is 2.15. The molecule has 0 aromatic heterocycles. The molecule has 0 unspecified atom stereocenters. The van der Waals surface area contributed by atoms with Crippen LogP contribution in [0.2, 0.25) is 0 Å². The van der Waals surface area contributed by atoms with E-state index < -0.39 is 0 Å². The summed E-state index contributed by atoms with van der Waals surface area (Å²) in [5.41, 5.74) is 0.881. The molecule has 1 aromatic rings. The van der Waals surface area contributed by atoms with Gasteiger partial charge in [-0.05, 0) is 69.6 Å². The van der Waals surface area contributed by atoms with E-state index in [0.29, 0.717) is 12.3 Å². The number of nitrogens with one attached hydrogen (secondary N) is 2. The summed E-state index contributed by atoms with van der Waals surface area (Å²) in [6, 6.07) is 3.64. The first-order valence-electron chi connectivity index (χ1n) is 6.69. The second-order valence-corrected chi connectivity index (χ2v) is 6.24. The Kier molecular flexibility index (Phi) is 8.44. The monoisotopic (exact) mass is 435 g/mol. The average molecular weight is 437 g/mol. The molecule has 1 aromatic carbocycles. The fourth-order valence-electron chi connectivity index (χ4n) is 1.83. The highest BCUT2D eigenvalue weighted by Crippen LogP contribution is 2.34. The smallest absolute Gasteiger partial charge is 0.269 e. The lowest BCUT2D eigenvalue weighted by molar-refractivity contribution is -0.115. The van der Waals surface area contributed by atoms with Crippen LogP contribution in [0.5, 0.6) is 5.75 Å². The minimum absolute atomic E-state index is 0.0634. The van der Waals surface area contributed by atoms with Crippen molar-refractivity contribution in [2.45, 2.75) is 12.8 Å². The average Bonchev–Trinajstić information content (AvgIpc) is 2.48. The number of nitrogens with zero attached hydrogens (tertiary/aromatic N) is 1. The molecule has 0 radical (unpaired) electrons. The number of halogens is 2. The van der Waals surface area contributed by atoms with Gasteiger partial charge in [-0.25, -0.2) is 0 Å². The van der Waals surface area contributed by atoms with Gasteiger partial charge in [0.15, 0.2) is 0 Å². The molecule has 6 nitrogen and oxygen atoms in total. The van der Waals surface area contributed by atoms with Gasteiger partial charge in [0.25, 0.3) is 5.91 Å². The number of methoxy groups -OCH3 is 1. The normalized spacial score (nSPS) is 11.4. The second-order valence-electron chi connectivity index (χ2n) is 4.53. The van der Waals surface area contributed by atoms with E-state index in [9.17, 15) is 4.79 Å². The quantitative estimate of drug-likeness (QED) is 0.253. The van der Waals surface area contributed by atoms with Crippen molar-refractivity contribution in [1.82, 2.24) is 10.6 Å². The lowest BCUT2D eigenvalue weighted by atomic mass is 10.1. The number of ether oxygens (including phenoxy) is 1. The van der Waals surface area contributed by atoms with Crippen molar-refractivity contribution in [2.75, 3.05) is 27.2 Å². The molecule has 0 saturated carbocycles. The number of benzene rings is 1. The number of hydrogen-bond donors (Lipinski definition) is 3. The third kappa shape index (κ3) is 5.58. The van der Waals surface area contributed by atoms with Crippen LogP contribution in [0.15, 0.2) is 26.2 Å². The SMILES string of the molecule is CNCCCNC(=O)C(Cc1cc(Br)c(OC)c(Br)c1)=NO. The summed E-state index contributed by atoms with van der Waals surface area (Å²) in [4.78, 5) is 12.0. The highest BCUT2D eigenvalue weighted by atomic mass is 79.9. The summed E-state index contributed by atoms with van der Waals surface area (Å²) in [7, 11) is 3.42. The van der Waals surface area contributed by atoms with Crippen molar-refractivity contribution >= 4 is 43.5 Å². The third-order valence-corrected chi connectivity index (χ3v) is 4.08. The van der Waals surface area contributed by atoms with E-state index in [1.54, 1.807) is 7.11 Å². The minimum Gasteiger partial charge on any atom is -0.494 e. The van der Waals surface area contributed by atoms with Crippen LogP contribution in [-0.2, 0) is 11.2 Å². The zero-order valence-corrected chi connectivity index (χ0v) is 15.6. The van der Waals surface area contributed by atoms with Crippen molar-refractivity contribution in [1.29, 1.82) is 0 Å².